The number of hydrogen-bond donors (Lipinski definition) is 5. The predicted octanol–water partition coefficient (Wildman–Crippen LogP) is -5.47. The second-order valence-electron chi connectivity index (χ2n) is 3.65. The van der Waals surface area contributed by atoms with Gasteiger partial charge in [0, 0.05) is 6.42 Å². The SMILES string of the molecule is OC[C@H]1O[C@](O)(CCP)[C@H](O)[C@@H](O)[C@@H]1O.[H-].[Na+]. The quantitative estimate of drug-likeness (QED) is 0.257. The van der Waals surface area contributed by atoms with Gasteiger partial charge in [-0.05, 0) is 6.16 Å². The number of hydrogen-bond acceptors (Lipinski definition) is 6. The van der Waals surface area contributed by atoms with Gasteiger partial charge in [0.25, 0.3) is 0 Å². The Morgan fingerprint density at radius 1 is 1.25 bits per heavy atom. The van der Waals surface area contributed by atoms with Gasteiger partial charge < -0.3 is 31.7 Å². The summed E-state index contributed by atoms with van der Waals surface area (Å²) in [5, 5.41) is 47.1. The van der Waals surface area contributed by atoms with Crippen LogP contribution in [0.1, 0.15) is 7.85 Å². The Bertz CT molecular complexity index is 224. The van der Waals surface area contributed by atoms with Crippen molar-refractivity contribution in [2.45, 2.75) is 36.6 Å². The molecule has 16 heavy (non-hydrogen) atoms. The van der Waals surface area contributed by atoms with E-state index in [1.165, 1.54) is 0 Å². The summed E-state index contributed by atoms with van der Waals surface area (Å²) in [6.45, 7) is -0.538. The molecule has 6 atom stereocenters. The molecule has 1 aliphatic rings. The normalized spacial score (nSPS) is 43.9. The van der Waals surface area contributed by atoms with Gasteiger partial charge in [-0.1, -0.05) is 0 Å². The van der Waals surface area contributed by atoms with E-state index in [2.05, 4.69) is 9.24 Å². The molecule has 92 valence electrons. The Labute approximate surface area is 120 Å². The first-order chi connectivity index (χ1) is 6.96. The summed E-state index contributed by atoms with van der Waals surface area (Å²) < 4.78 is 4.99. The third kappa shape index (κ3) is 3.36. The standard InChI is InChI=1S/C8H17O6P.Na.H/c9-3-4-5(10)6(11)7(12)8(13,14-4)1-2-15;;/h4-7,9-13H,1-3,15H2;;/q;+1;-1/t4-,5-,6+,7-,8-;;/m1../s1. The topological polar surface area (TPSA) is 110 Å². The van der Waals surface area contributed by atoms with Crippen molar-refractivity contribution in [3.63, 3.8) is 0 Å². The first-order valence-electron chi connectivity index (χ1n) is 4.71. The zero-order valence-electron chi connectivity index (χ0n) is 10.2. The van der Waals surface area contributed by atoms with E-state index in [4.69, 9.17) is 9.84 Å². The summed E-state index contributed by atoms with van der Waals surface area (Å²) in [7, 11) is 2.35. The van der Waals surface area contributed by atoms with Gasteiger partial charge in [0.15, 0.2) is 5.79 Å². The molecule has 0 aliphatic carbocycles. The van der Waals surface area contributed by atoms with Crippen molar-refractivity contribution in [2.75, 3.05) is 12.8 Å². The molecular formula is C8H18NaO6P. The molecule has 8 heteroatoms. The molecule has 0 aromatic rings. The monoisotopic (exact) mass is 264 g/mol. The van der Waals surface area contributed by atoms with Crippen LogP contribution in [0.5, 0.6) is 0 Å². The Kier molecular flexibility index (Phi) is 7.46. The van der Waals surface area contributed by atoms with E-state index in [0.717, 1.165) is 0 Å². The van der Waals surface area contributed by atoms with Crippen LogP contribution in [-0.4, -0.2) is 68.5 Å². The van der Waals surface area contributed by atoms with Gasteiger partial charge in [-0.2, -0.15) is 0 Å². The number of aliphatic hydroxyl groups excluding tert-OH is 4. The first-order valence-corrected chi connectivity index (χ1v) is 5.53. The first kappa shape index (κ1) is 17.2. The smallest absolute Gasteiger partial charge is 1.00 e. The Balaban J connectivity index is 0. The van der Waals surface area contributed by atoms with E-state index in [1.54, 1.807) is 0 Å². The predicted molar refractivity (Wildman–Crippen MR) is 55.2 cm³/mol. The molecule has 0 aromatic heterocycles. The van der Waals surface area contributed by atoms with E-state index >= 15 is 0 Å². The van der Waals surface area contributed by atoms with Crippen LogP contribution in [0, 0.1) is 0 Å². The molecule has 0 bridgehead atoms. The van der Waals surface area contributed by atoms with Crippen molar-refractivity contribution in [3.8, 4) is 0 Å². The fraction of sp³-hybridized carbons (Fsp3) is 1.00. The zero-order valence-corrected chi connectivity index (χ0v) is 12.3. The molecule has 0 saturated carbocycles. The molecule has 6 nitrogen and oxygen atoms in total. The maximum absolute atomic E-state index is 9.86. The third-order valence-electron chi connectivity index (χ3n) is 2.55. The average molecular weight is 264 g/mol. The van der Waals surface area contributed by atoms with Gasteiger partial charge in [-0.25, -0.2) is 0 Å². The Morgan fingerprint density at radius 3 is 2.25 bits per heavy atom. The van der Waals surface area contributed by atoms with Gasteiger partial charge in [0.2, 0.25) is 0 Å². The summed E-state index contributed by atoms with van der Waals surface area (Å²) in [5.74, 6) is -1.92. The summed E-state index contributed by atoms with van der Waals surface area (Å²) in [6.07, 6.45) is -5.08. The minimum Gasteiger partial charge on any atom is -1.00 e. The molecule has 1 fully saturated rings. The second-order valence-corrected chi connectivity index (χ2v) is 4.23. The van der Waals surface area contributed by atoms with Crippen LogP contribution in [-0.2, 0) is 4.74 Å². The van der Waals surface area contributed by atoms with Crippen molar-refractivity contribution >= 4 is 9.24 Å². The minimum atomic E-state index is -1.92. The number of aliphatic hydroxyl groups is 5. The molecule has 1 unspecified atom stereocenters. The summed E-state index contributed by atoms with van der Waals surface area (Å²) in [4.78, 5) is 0. The molecule has 1 saturated heterocycles. The third-order valence-corrected chi connectivity index (χ3v) is 2.84. The molecule has 0 radical (unpaired) electrons. The van der Waals surface area contributed by atoms with Crippen LogP contribution in [0.4, 0.5) is 0 Å². The van der Waals surface area contributed by atoms with E-state index in [1.807, 2.05) is 0 Å². The molecule has 0 spiro atoms. The van der Waals surface area contributed by atoms with Crippen LogP contribution in [0.25, 0.3) is 0 Å². The molecule has 1 rings (SSSR count). The second kappa shape index (κ2) is 6.95. The molecule has 1 heterocycles. The van der Waals surface area contributed by atoms with Gasteiger partial charge in [0.1, 0.15) is 24.4 Å². The van der Waals surface area contributed by atoms with E-state index in [9.17, 15) is 20.4 Å². The Hall–Kier alpha value is 1.19. The average Bonchev–Trinajstić information content (AvgIpc) is 2.21. The largest absolute Gasteiger partial charge is 1.00 e. The van der Waals surface area contributed by atoms with Crippen LogP contribution in [0.2, 0.25) is 0 Å². The Morgan fingerprint density at radius 2 is 1.81 bits per heavy atom. The van der Waals surface area contributed by atoms with Crippen LogP contribution < -0.4 is 29.6 Å². The maximum atomic E-state index is 9.86. The van der Waals surface area contributed by atoms with Gasteiger partial charge in [0.05, 0.1) is 6.61 Å². The number of rotatable bonds is 3. The van der Waals surface area contributed by atoms with Crippen molar-refractivity contribution in [1.82, 2.24) is 0 Å². The van der Waals surface area contributed by atoms with Crippen molar-refractivity contribution in [2.24, 2.45) is 0 Å². The van der Waals surface area contributed by atoms with E-state index < -0.39 is 36.8 Å². The van der Waals surface area contributed by atoms with Gasteiger partial charge >= 0.3 is 29.6 Å². The van der Waals surface area contributed by atoms with E-state index in [-0.39, 0.29) is 37.4 Å². The van der Waals surface area contributed by atoms with Gasteiger partial charge in [-0.3, -0.25) is 0 Å². The minimum absolute atomic E-state index is 0. The van der Waals surface area contributed by atoms with E-state index in [0.29, 0.717) is 6.16 Å². The van der Waals surface area contributed by atoms with Crippen molar-refractivity contribution < 1.29 is 61.3 Å². The van der Waals surface area contributed by atoms with Crippen LogP contribution in [0.3, 0.4) is 0 Å². The van der Waals surface area contributed by atoms with Crippen LogP contribution in [0.15, 0.2) is 0 Å². The summed E-state index contributed by atoms with van der Waals surface area (Å²) >= 11 is 0. The fourth-order valence-corrected chi connectivity index (χ4v) is 2.05. The summed E-state index contributed by atoms with van der Waals surface area (Å²) in [6, 6.07) is 0. The molecule has 1 aliphatic heterocycles. The molecule has 0 amide bonds. The summed E-state index contributed by atoms with van der Waals surface area (Å²) in [5.41, 5.74) is 0. The molecular weight excluding hydrogens is 246 g/mol. The van der Waals surface area contributed by atoms with Gasteiger partial charge in [-0.15, -0.1) is 9.24 Å². The fourth-order valence-electron chi connectivity index (χ4n) is 1.63. The zero-order chi connectivity index (χ0) is 11.6. The molecule has 0 aromatic carbocycles. The number of ether oxygens (including phenoxy) is 1. The van der Waals surface area contributed by atoms with Crippen molar-refractivity contribution in [3.05, 3.63) is 0 Å². The molecule has 5 N–H and O–H groups in total. The van der Waals surface area contributed by atoms with Crippen molar-refractivity contribution in [1.29, 1.82) is 0 Å². The van der Waals surface area contributed by atoms with Crippen LogP contribution >= 0.6 is 9.24 Å². The maximum Gasteiger partial charge on any atom is 1.00 e.